The van der Waals surface area contributed by atoms with Gasteiger partial charge in [-0.15, -0.1) is 0 Å². The fourth-order valence-electron chi connectivity index (χ4n) is 4.11. The van der Waals surface area contributed by atoms with Crippen LogP contribution in [0.3, 0.4) is 0 Å². The lowest BCUT2D eigenvalue weighted by atomic mass is 9.91. The molecular formula is C19H23F3N4O2. The van der Waals surface area contributed by atoms with Crippen LogP contribution in [-0.4, -0.2) is 40.0 Å². The van der Waals surface area contributed by atoms with Crippen LogP contribution >= 0.6 is 0 Å². The Morgan fingerprint density at radius 1 is 1.32 bits per heavy atom. The van der Waals surface area contributed by atoms with Crippen LogP contribution in [0, 0.1) is 6.92 Å². The molecule has 1 fully saturated rings. The molecule has 0 saturated carbocycles. The molecule has 2 aromatic heterocycles. The molecule has 0 unspecified atom stereocenters. The van der Waals surface area contributed by atoms with E-state index < -0.39 is 12.0 Å². The monoisotopic (exact) mass is 396 g/mol. The van der Waals surface area contributed by atoms with E-state index >= 15 is 0 Å². The molecule has 2 aromatic rings. The van der Waals surface area contributed by atoms with Gasteiger partial charge < -0.3 is 19.2 Å². The second-order valence-electron chi connectivity index (χ2n) is 7.45. The number of likely N-dealkylation sites (tertiary alicyclic amines) is 1. The number of imidazole rings is 1. The minimum absolute atomic E-state index is 0.0129. The van der Waals surface area contributed by atoms with Crippen molar-refractivity contribution in [3.63, 3.8) is 0 Å². The largest absolute Gasteiger partial charge is 0.469 e. The average molecular weight is 396 g/mol. The van der Waals surface area contributed by atoms with Gasteiger partial charge in [0.15, 0.2) is 0 Å². The Morgan fingerprint density at radius 2 is 2.07 bits per heavy atom. The van der Waals surface area contributed by atoms with Gasteiger partial charge in [-0.2, -0.15) is 13.2 Å². The van der Waals surface area contributed by atoms with E-state index in [1.54, 1.807) is 11.2 Å². The molecule has 9 heteroatoms. The lowest BCUT2D eigenvalue weighted by molar-refractivity contribution is -0.147. The molecule has 0 spiro atoms. The van der Waals surface area contributed by atoms with Gasteiger partial charge in [-0.05, 0) is 31.4 Å². The number of hydrogen-bond acceptors (Lipinski definition) is 4. The maximum absolute atomic E-state index is 13.4. The van der Waals surface area contributed by atoms with Crippen LogP contribution in [0.1, 0.15) is 47.3 Å². The molecule has 0 atom stereocenters. The molecule has 0 aromatic carbocycles. The Balaban J connectivity index is 1.46. The van der Waals surface area contributed by atoms with Crippen molar-refractivity contribution in [2.75, 3.05) is 19.6 Å². The number of piperidine rings is 1. The predicted molar refractivity (Wildman–Crippen MR) is 94.6 cm³/mol. The summed E-state index contributed by atoms with van der Waals surface area (Å²) in [4.78, 5) is 18.3. The van der Waals surface area contributed by atoms with Crippen LogP contribution in [0.4, 0.5) is 13.2 Å². The van der Waals surface area contributed by atoms with Crippen LogP contribution < -0.4 is 5.32 Å². The van der Waals surface area contributed by atoms with Gasteiger partial charge in [-0.25, -0.2) is 4.98 Å². The second kappa shape index (κ2) is 7.27. The van der Waals surface area contributed by atoms with Gasteiger partial charge in [0, 0.05) is 38.6 Å². The molecule has 4 rings (SSSR count). The third-order valence-electron chi connectivity index (χ3n) is 5.68. The van der Waals surface area contributed by atoms with Gasteiger partial charge in [0.05, 0.1) is 24.1 Å². The fraction of sp³-hybridized carbons (Fsp3) is 0.579. The van der Waals surface area contributed by atoms with Crippen molar-refractivity contribution in [3.05, 3.63) is 40.9 Å². The van der Waals surface area contributed by atoms with Crippen LogP contribution in [0.2, 0.25) is 0 Å². The molecule has 2 aliphatic heterocycles. The third kappa shape index (κ3) is 3.55. The number of fused-ring (bicyclic) bond motifs is 1. The summed E-state index contributed by atoms with van der Waals surface area (Å²) in [7, 11) is 0. The van der Waals surface area contributed by atoms with Crippen molar-refractivity contribution in [2.45, 2.75) is 51.4 Å². The first-order valence-corrected chi connectivity index (χ1v) is 9.52. The maximum Gasteiger partial charge on any atom is 0.449 e. The molecule has 152 valence electrons. The Morgan fingerprint density at radius 3 is 2.71 bits per heavy atom. The number of hydrogen-bond donors (Lipinski definition) is 1. The lowest BCUT2D eigenvalue weighted by Gasteiger charge is -2.32. The molecule has 6 nitrogen and oxygen atoms in total. The number of carbonyl (C=O) groups is 1. The summed E-state index contributed by atoms with van der Waals surface area (Å²) >= 11 is 0. The normalized spacial score (nSPS) is 18.4. The number of rotatable bonds is 3. The van der Waals surface area contributed by atoms with Crippen molar-refractivity contribution < 1.29 is 22.4 Å². The zero-order valence-corrected chi connectivity index (χ0v) is 15.7. The SMILES string of the molecule is Cc1ccoc1CC(=O)N1CCC(c2nc(C(F)(F)F)n3c2CNCC3)CC1. The molecule has 0 radical (unpaired) electrons. The quantitative estimate of drug-likeness (QED) is 0.867. The number of halogens is 3. The molecule has 0 aliphatic carbocycles. The predicted octanol–water partition coefficient (Wildman–Crippen LogP) is 2.86. The molecule has 28 heavy (non-hydrogen) atoms. The van der Waals surface area contributed by atoms with E-state index in [2.05, 4.69) is 10.3 Å². The van der Waals surface area contributed by atoms with Crippen LogP contribution in [0.5, 0.6) is 0 Å². The van der Waals surface area contributed by atoms with Crippen LogP contribution in [-0.2, 0) is 30.5 Å². The van der Waals surface area contributed by atoms with E-state index in [9.17, 15) is 18.0 Å². The third-order valence-corrected chi connectivity index (χ3v) is 5.68. The van der Waals surface area contributed by atoms with Gasteiger partial charge >= 0.3 is 6.18 Å². The van der Waals surface area contributed by atoms with Crippen molar-refractivity contribution in [2.24, 2.45) is 0 Å². The zero-order chi connectivity index (χ0) is 19.9. The summed E-state index contributed by atoms with van der Waals surface area (Å²) in [5.74, 6) is -0.213. The molecule has 1 amide bonds. The first-order chi connectivity index (χ1) is 13.3. The number of alkyl halides is 3. The Labute approximate surface area is 160 Å². The van der Waals surface area contributed by atoms with E-state index in [0.717, 1.165) is 5.56 Å². The molecule has 0 bridgehead atoms. The highest BCUT2D eigenvalue weighted by Gasteiger charge is 2.40. The standard InChI is InChI=1S/C19H23F3N4O2/c1-12-4-9-28-15(12)10-16(27)25-6-2-13(3-7-25)17-14-11-23-5-8-26(14)18(24-17)19(20,21)22/h4,9,13,23H,2-3,5-8,10-11H2,1H3. The van der Waals surface area contributed by atoms with Crippen molar-refractivity contribution in [3.8, 4) is 0 Å². The molecular weight excluding hydrogens is 373 g/mol. The highest BCUT2D eigenvalue weighted by atomic mass is 19.4. The Bertz CT molecular complexity index is 863. The first kappa shape index (κ1) is 19.0. The number of carbonyl (C=O) groups excluding carboxylic acids is 1. The van der Waals surface area contributed by atoms with Crippen LogP contribution in [0.15, 0.2) is 16.7 Å². The van der Waals surface area contributed by atoms with Gasteiger partial charge in [-0.3, -0.25) is 4.79 Å². The summed E-state index contributed by atoms with van der Waals surface area (Å²) < 4.78 is 46.8. The highest BCUT2D eigenvalue weighted by molar-refractivity contribution is 5.78. The molecule has 1 N–H and O–H groups in total. The second-order valence-corrected chi connectivity index (χ2v) is 7.45. The van der Waals surface area contributed by atoms with Gasteiger partial charge in [0.1, 0.15) is 5.76 Å². The number of aromatic nitrogens is 2. The first-order valence-electron chi connectivity index (χ1n) is 9.52. The zero-order valence-electron chi connectivity index (χ0n) is 15.7. The minimum Gasteiger partial charge on any atom is -0.469 e. The van der Waals surface area contributed by atoms with Gasteiger partial charge in [0.2, 0.25) is 11.7 Å². The van der Waals surface area contributed by atoms with E-state index in [1.807, 2.05) is 13.0 Å². The van der Waals surface area contributed by atoms with E-state index in [4.69, 9.17) is 4.42 Å². The Kier molecular flexibility index (Phi) is 4.95. The number of furan rings is 1. The van der Waals surface area contributed by atoms with Gasteiger partial charge in [0.25, 0.3) is 0 Å². The van der Waals surface area contributed by atoms with E-state index in [1.165, 1.54) is 4.57 Å². The van der Waals surface area contributed by atoms with Crippen molar-refractivity contribution in [1.29, 1.82) is 0 Å². The fourth-order valence-corrected chi connectivity index (χ4v) is 4.11. The highest BCUT2D eigenvalue weighted by Crippen LogP contribution is 2.36. The van der Waals surface area contributed by atoms with E-state index in [0.29, 0.717) is 56.2 Å². The summed E-state index contributed by atoms with van der Waals surface area (Å²) in [6.45, 7) is 4.11. The summed E-state index contributed by atoms with van der Waals surface area (Å²) in [5, 5.41) is 3.14. The summed E-state index contributed by atoms with van der Waals surface area (Å²) in [6, 6.07) is 1.82. The Hall–Kier alpha value is -2.29. The minimum atomic E-state index is -4.46. The number of nitrogens with one attached hydrogen (secondary N) is 1. The summed E-state index contributed by atoms with van der Waals surface area (Å²) in [6.07, 6.45) is -1.44. The van der Waals surface area contributed by atoms with Crippen molar-refractivity contribution >= 4 is 5.91 Å². The van der Waals surface area contributed by atoms with Crippen LogP contribution in [0.25, 0.3) is 0 Å². The average Bonchev–Trinajstić information content (AvgIpc) is 3.25. The van der Waals surface area contributed by atoms with Gasteiger partial charge in [-0.1, -0.05) is 0 Å². The number of nitrogens with zero attached hydrogens (tertiary/aromatic N) is 3. The topological polar surface area (TPSA) is 63.3 Å². The lowest BCUT2D eigenvalue weighted by Crippen LogP contribution is -2.39. The number of amides is 1. The number of aryl methyl sites for hydroxylation is 1. The van der Waals surface area contributed by atoms with E-state index in [-0.39, 0.29) is 24.8 Å². The molecule has 2 aliphatic rings. The summed E-state index contributed by atoms with van der Waals surface area (Å²) in [5.41, 5.74) is 2.11. The maximum atomic E-state index is 13.4. The van der Waals surface area contributed by atoms with Crippen molar-refractivity contribution in [1.82, 2.24) is 19.8 Å². The molecule has 1 saturated heterocycles. The smallest absolute Gasteiger partial charge is 0.449 e. The molecule has 4 heterocycles.